The molecular formula is C18H29NO. The first kappa shape index (κ1) is 18.4. The van der Waals surface area contributed by atoms with Crippen LogP contribution in [0.25, 0.3) is 0 Å². The van der Waals surface area contributed by atoms with Crippen LogP contribution in [0, 0.1) is 5.92 Å². The zero-order valence-corrected chi connectivity index (χ0v) is 13.1. The summed E-state index contributed by atoms with van der Waals surface area (Å²) in [5.74, 6) is 0.463. The average Bonchev–Trinajstić information content (AvgIpc) is 2.42. The number of rotatable bonds is 10. The third-order valence-electron chi connectivity index (χ3n) is 2.52. The SMILES string of the molecule is CCC/C=C/C=C\CC/C=C/C=C/C(=O)NCC(C)C. The quantitative estimate of drug-likeness (QED) is 0.353. The van der Waals surface area contributed by atoms with Crippen molar-refractivity contribution in [3.63, 3.8) is 0 Å². The van der Waals surface area contributed by atoms with Crippen molar-refractivity contribution < 1.29 is 4.79 Å². The molecule has 2 nitrogen and oxygen atoms in total. The van der Waals surface area contributed by atoms with E-state index in [0.717, 1.165) is 25.8 Å². The minimum atomic E-state index is -0.0238. The normalized spacial score (nSPS) is 12.6. The van der Waals surface area contributed by atoms with Gasteiger partial charge >= 0.3 is 0 Å². The van der Waals surface area contributed by atoms with Crippen LogP contribution in [0.1, 0.15) is 46.5 Å². The molecule has 0 aromatic heterocycles. The van der Waals surface area contributed by atoms with Crippen LogP contribution in [-0.4, -0.2) is 12.5 Å². The van der Waals surface area contributed by atoms with Gasteiger partial charge in [0, 0.05) is 12.6 Å². The number of carbonyl (C=O) groups excluding carboxylic acids is 1. The highest BCUT2D eigenvalue weighted by atomic mass is 16.1. The van der Waals surface area contributed by atoms with Crippen molar-refractivity contribution in [1.29, 1.82) is 0 Å². The Morgan fingerprint density at radius 2 is 1.50 bits per heavy atom. The predicted molar refractivity (Wildman–Crippen MR) is 88.5 cm³/mol. The standard InChI is InChI=1S/C18H29NO/c1-4-5-6-7-8-9-10-11-12-13-14-15-18(20)19-16-17(2)3/h6-9,12-15,17H,4-5,10-11,16H2,1-3H3,(H,19,20)/b7-6+,9-8-,13-12+,15-14+. The van der Waals surface area contributed by atoms with E-state index in [2.05, 4.69) is 56.5 Å². The van der Waals surface area contributed by atoms with Gasteiger partial charge in [-0.25, -0.2) is 0 Å². The number of amides is 1. The molecule has 112 valence electrons. The van der Waals surface area contributed by atoms with Crippen molar-refractivity contribution in [3.05, 3.63) is 48.6 Å². The third-order valence-corrected chi connectivity index (χ3v) is 2.52. The highest BCUT2D eigenvalue weighted by Gasteiger charge is 1.95. The Morgan fingerprint density at radius 1 is 0.950 bits per heavy atom. The van der Waals surface area contributed by atoms with Gasteiger partial charge in [-0.3, -0.25) is 4.79 Å². The van der Waals surface area contributed by atoms with Crippen molar-refractivity contribution in [2.45, 2.75) is 46.5 Å². The summed E-state index contributed by atoms with van der Waals surface area (Å²) in [5.41, 5.74) is 0. The van der Waals surface area contributed by atoms with E-state index in [4.69, 9.17) is 0 Å². The largest absolute Gasteiger partial charge is 0.352 e. The molecule has 0 atom stereocenters. The van der Waals surface area contributed by atoms with E-state index in [0.29, 0.717) is 5.92 Å². The molecular weight excluding hydrogens is 246 g/mol. The average molecular weight is 275 g/mol. The molecule has 0 aliphatic rings. The topological polar surface area (TPSA) is 29.1 Å². The van der Waals surface area contributed by atoms with E-state index in [1.165, 1.54) is 6.42 Å². The van der Waals surface area contributed by atoms with Gasteiger partial charge in [-0.15, -0.1) is 0 Å². The molecule has 0 aliphatic heterocycles. The zero-order chi connectivity index (χ0) is 15.1. The molecule has 1 N–H and O–H groups in total. The molecule has 20 heavy (non-hydrogen) atoms. The molecule has 0 radical (unpaired) electrons. The summed E-state index contributed by atoms with van der Waals surface area (Å²) in [7, 11) is 0. The molecule has 0 aromatic rings. The Labute approximate surface area is 124 Å². The fraction of sp³-hybridized carbons (Fsp3) is 0.500. The van der Waals surface area contributed by atoms with Crippen LogP contribution in [0.3, 0.4) is 0 Å². The molecule has 0 heterocycles. The van der Waals surface area contributed by atoms with Crippen molar-refractivity contribution in [2.24, 2.45) is 5.92 Å². The number of carbonyl (C=O) groups is 1. The fourth-order valence-corrected chi connectivity index (χ4v) is 1.39. The Kier molecular flexibility index (Phi) is 12.8. The first-order chi connectivity index (χ1) is 9.66. The Balaban J connectivity index is 3.63. The Hall–Kier alpha value is -1.57. The minimum absolute atomic E-state index is 0.0238. The lowest BCUT2D eigenvalue weighted by Crippen LogP contribution is -2.25. The Bertz CT molecular complexity index is 348. The number of nitrogens with one attached hydrogen (secondary N) is 1. The highest BCUT2D eigenvalue weighted by molar-refractivity contribution is 5.87. The van der Waals surface area contributed by atoms with Crippen LogP contribution in [0.4, 0.5) is 0 Å². The van der Waals surface area contributed by atoms with Crippen LogP contribution in [-0.2, 0) is 4.79 Å². The lowest BCUT2D eigenvalue weighted by atomic mass is 10.2. The number of allylic oxidation sites excluding steroid dienone is 7. The summed E-state index contributed by atoms with van der Waals surface area (Å²) in [6, 6.07) is 0. The summed E-state index contributed by atoms with van der Waals surface area (Å²) in [6.45, 7) is 7.06. The van der Waals surface area contributed by atoms with E-state index in [-0.39, 0.29) is 5.91 Å². The molecule has 0 aliphatic carbocycles. The first-order valence-electron chi connectivity index (χ1n) is 7.59. The van der Waals surface area contributed by atoms with Crippen molar-refractivity contribution in [2.75, 3.05) is 6.54 Å². The monoisotopic (exact) mass is 275 g/mol. The fourth-order valence-electron chi connectivity index (χ4n) is 1.39. The van der Waals surface area contributed by atoms with E-state index in [1.807, 2.05) is 6.08 Å². The van der Waals surface area contributed by atoms with Gasteiger partial charge in [-0.05, 0) is 25.2 Å². The zero-order valence-electron chi connectivity index (χ0n) is 13.1. The van der Waals surface area contributed by atoms with Crippen LogP contribution in [0.5, 0.6) is 0 Å². The summed E-state index contributed by atoms with van der Waals surface area (Å²) in [5, 5.41) is 2.84. The molecule has 0 saturated heterocycles. The molecule has 0 saturated carbocycles. The molecule has 2 heteroatoms. The van der Waals surface area contributed by atoms with Gasteiger partial charge in [0.1, 0.15) is 0 Å². The molecule has 0 rings (SSSR count). The van der Waals surface area contributed by atoms with E-state index >= 15 is 0 Å². The maximum absolute atomic E-state index is 11.4. The highest BCUT2D eigenvalue weighted by Crippen LogP contribution is 1.95. The van der Waals surface area contributed by atoms with Gasteiger partial charge in [0.15, 0.2) is 0 Å². The number of hydrogen-bond acceptors (Lipinski definition) is 1. The number of unbranched alkanes of at least 4 members (excludes halogenated alkanes) is 2. The maximum atomic E-state index is 11.4. The minimum Gasteiger partial charge on any atom is -0.352 e. The van der Waals surface area contributed by atoms with Gasteiger partial charge in [0.25, 0.3) is 0 Å². The van der Waals surface area contributed by atoms with Gasteiger partial charge in [-0.2, -0.15) is 0 Å². The lowest BCUT2D eigenvalue weighted by molar-refractivity contribution is -0.116. The van der Waals surface area contributed by atoms with Crippen LogP contribution in [0.2, 0.25) is 0 Å². The van der Waals surface area contributed by atoms with E-state index < -0.39 is 0 Å². The summed E-state index contributed by atoms with van der Waals surface area (Å²) < 4.78 is 0. The van der Waals surface area contributed by atoms with E-state index in [9.17, 15) is 4.79 Å². The van der Waals surface area contributed by atoms with Crippen molar-refractivity contribution >= 4 is 5.91 Å². The van der Waals surface area contributed by atoms with E-state index in [1.54, 1.807) is 12.2 Å². The third kappa shape index (κ3) is 14.5. The van der Waals surface area contributed by atoms with Crippen molar-refractivity contribution in [3.8, 4) is 0 Å². The van der Waals surface area contributed by atoms with Crippen LogP contribution < -0.4 is 5.32 Å². The molecule has 0 unspecified atom stereocenters. The second kappa shape index (κ2) is 13.9. The smallest absolute Gasteiger partial charge is 0.243 e. The van der Waals surface area contributed by atoms with Gasteiger partial charge in [-0.1, -0.05) is 69.7 Å². The first-order valence-corrected chi connectivity index (χ1v) is 7.59. The molecule has 0 fully saturated rings. The molecule has 0 spiro atoms. The predicted octanol–water partition coefficient (Wildman–Crippen LogP) is 4.56. The summed E-state index contributed by atoms with van der Waals surface area (Å²) >= 11 is 0. The molecule has 1 amide bonds. The second-order valence-electron chi connectivity index (χ2n) is 5.15. The molecule has 0 aromatic carbocycles. The summed E-state index contributed by atoms with van der Waals surface area (Å²) in [4.78, 5) is 11.4. The second-order valence-corrected chi connectivity index (χ2v) is 5.15. The summed E-state index contributed by atoms with van der Waals surface area (Å²) in [6.07, 6.45) is 20.3. The Morgan fingerprint density at radius 3 is 2.05 bits per heavy atom. The molecule has 0 bridgehead atoms. The van der Waals surface area contributed by atoms with Crippen LogP contribution >= 0.6 is 0 Å². The lowest BCUT2D eigenvalue weighted by Gasteiger charge is -2.03. The van der Waals surface area contributed by atoms with Crippen molar-refractivity contribution in [1.82, 2.24) is 5.32 Å². The van der Waals surface area contributed by atoms with Gasteiger partial charge < -0.3 is 5.32 Å². The van der Waals surface area contributed by atoms with Crippen LogP contribution in [0.15, 0.2) is 48.6 Å². The van der Waals surface area contributed by atoms with Gasteiger partial charge in [0.2, 0.25) is 5.91 Å². The maximum Gasteiger partial charge on any atom is 0.243 e. The number of hydrogen-bond donors (Lipinski definition) is 1. The van der Waals surface area contributed by atoms with Gasteiger partial charge in [0.05, 0.1) is 0 Å².